The summed E-state index contributed by atoms with van der Waals surface area (Å²) in [5.41, 5.74) is 1.38. The quantitative estimate of drug-likeness (QED) is 0.864. The van der Waals surface area contributed by atoms with Crippen molar-refractivity contribution in [3.05, 3.63) is 24.3 Å². The molecule has 0 saturated carbocycles. The van der Waals surface area contributed by atoms with Gasteiger partial charge in [0.05, 0.1) is 17.2 Å². The van der Waals surface area contributed by atoms with Gasteiger partial charge in [-0.1, -0.05) is 20.8 Å². The lowest BCUT2D eigenvalue weighted by molar-refractivity contribution is -0.149. The van der Waals surface area contributed by atoms with Gasteiger partial charge in [-0.25, -0.2) is 4.98 Å². The molecule has 7 nitrogen and oxygen atoms in total. The Kier molecular flexibility index (Phi) is 4.85. The Morgan fingerprint density at radius 3 is 2.71 bits per heavy atom. The first-order chi connectivity index (χ1) is 13.3. The number of carbonyl (C=O) groups excluding carboxylic acids is 2. The van der Waals surface area contributed by atoms with Gasteiger partial charge >= 0.3 is 0 Å². The fourth-order valence-electron chi connectivity index (χ4n) is 4.38. The summed E-state index contributed by atoms with van der Waals surface area (Å²) < 4.78 is 0. The molecule has 2 amide bonds. The maximum Gasteiger partial charge on any atom is 0.245 e. The van der Waals surface area contributed by atoms with Gasteiger partial charge in [0, 0.05) is 37.2 Å². The highest BCUT2D eigenvalue weighted by molar-refractivity contribution is 5.90. The first kappa shape index (κ1) is 18.9. The number of carbonyl (C=O) groups is 2. The van der Waals surface area contributed by atoms with Crippen molar-refractivity contribution in [2.45, 2.75) is 58.4 Å². The van der Waals surface area contributed by atoms with Crippen molar-refractivity contribution >= 4 is 22.8 Å². The van der Waals surface area contributed by atoms with Crippen LogP contribution in [0.3, 0.4) is 0 Å². The maximum absolute atomic E-state index is 13.3. The minimum atomic E-state index is -0.463. The highest BCUT2D eigenvalue weighted by Crippen LogP contribution is 2.30. The van der Waals surface area contributed by atoms with E-state index in [2.05, 4.69) is 9.97 Å². The van der Waals surface area contributed by atoms with Crippen LogP contribution in [0.2, 0.25) is 0 Å². The minimum Gasteiger partial charge on any atom is -0.340 e. The number of fused-ring (bicyclic) bond motifs is 1. The monoisotopic (exact) mass is 383 g/mol. The number of likely N-dealkylation sites (tertiary alicyclic amines) is 2. The van der Waals surface area contributed by atoms with Crippen molar-refractivity contribution in [1.29, 1.82) is 0 Å². The van der Waals surface area contributed by atoms with E-state index in [0.29, 0.717) is 13.1 Å². The van der Waals surface area contributed by atoms with Gasteiger partial charge in [0.2, 0.25) is 11.8 Å². The van der Waals surface area contributed by atoms with Crippen molar-refractivity contribution in [1.82, 2.24) is 24.8 Å². The normalized spacial score (nSPS) is 23.4. The summed E-state index contributed by atoms with van der Waals surface area (Å²) in [6, 6.07) is 1.58. The minimum absolute atomic E-state index is 0.0710. The van der Waals surface area contributed by atoms with Gasteiger partial charge in [0.15, 0.2) is 0 Å². The zero-order chi connectivity index (χ0) is 19.9. The lowest BCUT2D eigenvalue weighted by Gasteiger charge is -2.37. The van der Waals surface area contributed by atoms with Crippen LogP contribution in [0.25, 0.3) is 11.0 Å². The molecule has 7 heteroatoms. The predicted octanol–water partition coefficient (Wildman–Crippen LogP) is 2.70. The molecule has 2 aliphatic heterocycles. The first-order valence-corrected chi connectivity index (χ1v) is 10.2. The standard InChI is InChI=1S/C21H29N5O2/c1-21(2,3)20(28)26-11-5-7-17(26)19(27)25-10-4-6-14(13-25)18-23-15-8-9-22-12-16(15)24-18/h8-9,12,14,17H,4-7,10-11,13H2,1-3H3,(H,23,24)/t14?,17-/m1/s1. The van der Waals surface area contributed by atoms with E-state index in [1.165, 1.54) is 0 Å². The van der Waals surface area contributed by atoms with Crippen LogP contribution in [0.1, 0.15) is 58.2 Å². The molecule has 2 saturated heterocycles. The molecule has 2 aromatic rings. The molecule has 2 aliphatic rings. The zero-order valence-corrected chi connectivity index (χ0v) is 16.9. The number of imidazole rings is 1. The topological polar surface area (TPSA) is 82.2 Å². The van der Waals surface area contributed by atoms with E-state index in [1.54, 1.807) is 17.3 Å². The largest absolute Gasteiger partial charge is 0.340 e. The molecule has 0 bridgehead atoms. The van der Waals surface area contributed by atoms with Crippen LogP contribution in [-0.4, -0.2) is 62.2 Å². The van der Waals surface area contributed by atoms with Gasteiger partial charge < -0.3 is 14.8 Å². The molecule has 0 spiro atoms. The highest BCUT2D eigenvalue weighted by atomic mass is 16.2. The number of nitrogens with one attached hydrogen (secondary N) is 1. The van der Waals surface area contributed by atoms with E-state index in [9.17, 15) is 9.59 Å². The van der Waals surface area contributed by atoms with Crippen molar-refractivity contribution in [2.24, 2.45) is 5.41 Å². The fraction of sp³-hybridized carbons (Fsp3) is 0.619. The molecule has 2 fully saturated rings. The Balaban J connectivity index is 1.49. The van der Waals surface area contributed by atoms with Gasteiger partial charge in [0.25, 0.3) is 0 Å². The number of rotatable bonds is 2. The number of nitrogens with zero attached hydrogens (tertiary/aromatic N) is 4. The summed E-state index contributed by atoms with van der Waals surface area (Å²) >= 11 is 0. The molecule has 0 radical (unpaired) electrons. The number of H-pyrrole nitrogens is 1. The van der Waals surface area contributed by atoms with Crippen LogP contribution in [0.5, 0.6) is 0 Å². The smallest absolute Gasteiger partial charge is 0.245 e. The second kappa shape index (κ2) is 7.18. The van der Waals surface area contributed by atoms with Crippen LogP contribution in [-0.2, 0) is 9.59 Å². The van der Waals surface area contributed by atoms with Crippen LogP contribution in [0, 0.1) is 5.41 Å². The fourth-order valence-corrected chi connectivity index (χ4v) is 4.38. The number of aromatic nitrogens is 3. The summed E-state index contributed by atoms with van der Waals surface area (Å²) in [7, 11) is 0. The molecule has 4 rings (SSSR count). The lowest BCUT2D eigenvalue weighted by atomic mass is 9.93. The van der Waals surface area contributed by atoms with Gasteiger partial charge in [-0.15, -0.1) is 0 Å². The average Bonchev–Trinajstić information content (AvgIpc) is 3.33. The van der Waals surface area contributed by atoms with Crippen molar-refractivity contribution in [2.75, 3.05) is 19.6 Å². The van der Waals surface area contributed by atoms with Crippen molar-refractivity contribution < 1.29 is 9.59 Å². The van der Waals surface area contributed by atoms with Crippen LogP contribution in [0.4, 0.5) is 0 Å². The molecule has 150 valence electrons. The van der Waals surface area contributed by atoms with Crippen LogP contribution < -0.4 is 0 Å². The van der Waals surface area contributed by atoms with Crippen LogP contribution in [0.15, 0.2) is 18.5 Å². The van der Waals surface area contributed by atoms with Gasteiger partial charge in [-0.2, -0.15) is 0 Å². The molecule has 4 heterocycles. The average molecular weight is 383 g/mol. The van der Waals surface area contributed by atoms with Gasteiger partial charge in [0.1, 0.15) is 11.9 Å². The molecular formula is C21H29N5O2. The highest BCUT2D eigenvalue weighted by Gasteiger charge is 2.41. The number of piperidine rings is 1. The Bertz CT molecular complexity index is 851. The Labute approximate surface area is 165 Å². The number of amides is 2. The number of pyridine rings is 1. The Morgan fingerprint density at radius 1 is 1.18 bits per heavy atom. The molecule has 0 aromatic carbocycles. The van der Waals surface area contributed by atoms with E-state index in [-0.39, 0.29) is 23.8 Å². The van der Waals surface area contributed by atoms with Gasteiger partial charge in [-0.05, 0) is 31.7 Å². The first-order valence-electron chi connectivity index (χ1n) is 10.2. The van der Waals surface area contributed by atoms with Crippen molar-refractivity contribution in [3.63, 3.8) is 0 Å². The summed E-state index contributed by atoms with van der Waals surface area (Å²) in [5.74, 6) is 1.28. The Morgan fingerprint density at radius 2 is 1.96 bits per heavy atom. The molecule has 1 N–H and O–H groups in total. The summed E-state index contributed by atoms with van der Waals surface area (Å²) in [4.78, 5) is 42.0. The molecule has 2 atom stereocenters. The van der Waals surface area contributed by atoms with E-state index in [1.807, 2.05) is 31.7 Å². The molecular weight excluding hydrogens is 354 g/mol. The lowest BCUT2D eigenvalue weighted by Crippen LogP contribution is -2.52. The van der Waals surface area contributed by atoms with E-state index >= 15 is 0 Å². The SMILES string of the molecule is CC(C)(C)C(=O)N1CCC[C@@H]1C(=O)N1CCCC(c2nc3ccncc3[nH]2)C1. The molecule has 1 unspecified atom stereocenters. The molecule has 0 aliphatic carbocycles. The third kappa shape index (κ3) is 3.50. The van der Waals surface area contributed by atoms with Crippen LogP contribution >= 0.6 is 0 Å². The summed E-state index contributed by atoms with van der Waals surface area (Å²) in [5, 5.41) is 0. The predicted molar refractivity (Wildman–Crippen MR) is 107 cm³/mol. The third-order valence-corrected chi connectivity index (χ3v) is 5.86. The van der Waals surface area contributed by atoms with Crippen molar-refractivity contribution in [3.8, 4) is 0 Å². The molecule has 28 heavy (non-hydrogen) atoms. The maximum atomic E-state index is 13.3. The summed E-state index contributed by atoms with van der Waals surface area (Å²) in [6.07, 6.45) is 7.14. The number of hydrogen-bond donors (Lipinski definition) is 1. The molecule has 2 aromatic heterocycles. The van der Waals surface area contributed by atoms with E-state index in [0.717, 1.165) is 49.1 Å². The second-order valence-corrected chi connectivity index (χ2v) is 9.04. The summed E-state index contributed by atoms with van der Waals surface area (Å²) in [6.45, 7) is 7.85. The van der Waals surface area contributed by atoms with E-state index in [4.69, 9.17) is 4.98 Å². The van der Waals surface area contributed by atoms with E-state index < -0.39 is 5.41 Å². The second-order valence-electron chi connectivity index (χ2n) is 9.04. The zero-order valence-electron chi connectivity index (χ0n) is 16.9. The Hall–Kier alpha value is -2.44. The number of aromatic amines is 1. The number of hydrogen-bond acceptors (Lipinski definition) is 4. The third-order valence-electron chi connectivity index (χ3n) is 5.86. The van der Waals surface area contributed by atoms with Gasteiger partial charge in [-0.3, -0.25) is 14.6 Å².